The molecule has 7 nitrogen and oxygen atoms in total. The summed E-state index contributed by atoms with van der Waals surface area (Å²) in [6.07, 6.45) is 4.85. The molecule has 162 valence electrons. The van der Waals surface area contributed by atoms with Gasteiger partial charge in [0.2, 0.25) is 0 Å². The third-order valence-corrected chi connectivity index (χ3v) is 6.71. The summed E-state index contributed by atoms with van der Waals surface area (Å²) >= 11 is 0. The Bertz CT molecular complexity index is 711. The molecule has 0 spiro atoms. The summed E-state index contributed by atoms with van der Waals surface area (Å²) in [7, 11) is -0.739. The molecular weight excluding hydrogens is 388 g/mol. The van der Waals surface area contributed by atoms with Crippen molar-refractivity contribution >= 4 is 22.7 Å². The van der Waals surface area contributed by atoms with E-state index < -0.39 is 10.8 Å². The van der Waals surface area contributed by atoms with Crippen molar-refractivity contribution in [2.45, 2.75) is 57.2 Å². The molecule has 3 atom stereocenters. The van der Waals surface area contributed by atoms with E-state index in [4.69, 9.17) is 0 Å². The van der Waals surface area contributed by atoms with Crippen LogP contribution in [-0.2, 0) is 10.8 Å². The second-order valence-corrected chi connectivity index (χ2v) is 9.23. The molecule has 0 aliphatic heterocycles. The van der Waals surface area contributed by atoms with Crippen molar-refractivity contribution in [2.24, 2.45) is 4.99 Å². The monoisotopic (exact) mass is 422 g/mol. The predicted octanol–water partition coefficient (Wildman–Crippen LogP) is 2.15. The van der Waals surface area contributed by atoms with Crippen molar-refractivity contribution in [2.75, 3.05) is 25.4 Å². The Balaban J connectivity index is 1.77. The lowest BCUT2D eigenvalue weighted by atomic mass is 9.95. The number of carbonyl (C=O) groups excluding carboxylic acids is 1. The Morgan fingerprint density at radius 3 is 2.83 bits per heavy atom. The van der Waals surface area contributed by atoms with Crippen molar-refractivity contribution in [3.63, 3.8) is 0 Å². The van der Waals surface area contributed by atoms with Gasteiger partial charge in [0, 0.05) is 53.0 Å². The lowest BCUT2D eigenvalue weighted by Gasteiger charge is -2.30. The fraction of sp³-hybridized carbons (Fsp3) is 0.619. The van der Waals surface area contributed by atoms with Crippen molar-refractivity contribution in [3.8, 4) is 5.75 Å². The van der Waals surface area contributed by atoms with Gasteiger partial charge in [-0.2, -0.15) is 0 Å². The summed E-state index contributed by atoms with van der Waals surface area (Å²) < 4.78 is 12.1. The molecule has 29 heavy (non-hydrogen) atoms. The fourth-order valence-electron chi connectivity index (χ4n) is 3.48. The molecule has 1 aliphatic rings. The minimum Gasteiger partial charge on any atom is -0.508 e. The van der Waals surface area contributed by atoms with Gasteiger partial charge < -0.3 is 21.1 Å². The Morgan fingerprint density at radius 2 is 2.10 bits per heavy atom. The highest BCUT2D eigenvalue weighted by atomic mass is 32.2. The first-order valence-corrected chi connectivity index (χ1v) is 11.9. The highest BCUT2D eigenvalue weighted by molar-refractivity contribution is 7.85. The number of phenolic OH excluding ortho intramolecular Hbond substituents is 1. The number of hydrogen-bond donors (Lipinski definition) is 4. The molecule has 8 heteroatoms. The lowest BCUT2D eigenvalue weighted by molar-refractivity contribution is 0.0953. The Kier molecular flexibility index (Phi) is 9.97. The first-order valence-electron chi connectivity index (χ1n) is 10.5. The number of aromatic hydroxyl groups is 1. The second-order valence-electron chi connectivity index (χ2n) is 7.22. The van der Waals surface area contributed by atoms with Crippen LogP contribution < -0.4 is 16.0 Å². The van der Waals surface area contributed by atoms with Crippen molar-refractivity contribution in [1.29, 1.82) is 0 Å². The average Bonchev–Trinajstić information content (AvgIpc) is 2.73. The number of nitrogens with zero attached hydrogens (tertiary/aromatic N) is 1. The summed E-state index contributed by atoms with van der Waals surface area (Å²) in [4.78, 5) is 16.7. The van der Waals surface area contributed by atoms with E-state index in [-0.39, 0.29) is 16.9 Å². The van der Waals surface area contributed by atoms with Gasteiger partial charge >= 0.3 is 0 Å². The summed E-state index contributed by atoms with van der Waals surface area (Å²) in [5.74, 6) is 1.38. The molecule has 0 radical (unpaired) electrons. The van der Waals surface area contributed by atoms with Gasteiger partial charge in [-0.05, 0) is 50.8 Å². The molecule has 0 heterocycles. The van der Waals surface area contributed by atoms with E-state index in [2.05, 4.69) is 20.9 Å². The number of guanidine groups is 1. The number of benzene rings is 1. The number of carbonyl (C=O) groups is 1. The van der Waals surface area contributed by atoms with Crippen molar-refractivity contribution < 1.29 is 14.1 Å². The topological polar surface area (TPSA) is 103 Å². The molecule has 0 saturated heterocycles. The standard InChI is InChI=1S/C21H34N4O3S/c1-3-22-21(25-17-9-6-11-19(15-17)29(28)4-2)24-13-7-12-23-20(27)16-8-5-10-18(26)14-16/h5,8,10,14,17,19,26H,3-4,6-7,9,11-13,15H2,1-2H3,(H,23,27)(H2,22,24,25). The number of phenols is 1. The Hall–Kier alpha value is -2.09. The largest absolute Gasteiger partial charge is 0.508 e. The Morgan fingerprint density at radius 1 is 1.28 bits per heavy atom. The molecule has 1 aromatic carbocycles. The SMILES string of the molecule is CCNC(=NCCCNC(=O)c1cccc(O)c1)NC1CCCC(S(=O)CC)C1. The fourth-order valence-corrected chi connectivity index (χ4v) is 4.83. The van der Waals surface area contributed by atoms with Gasteiger partial charge in [-0.15, -0.1) is 0 Å². The zero-order chi connectivity index (χ0) is 21.1. The first kappa shape index (κ1) is 23.2. The normalized spacial score (nSPS) is 20.7. The second kappa shape index (κ2) is 12.5. The van der Waals surface area contributed by atoms with Crippen LogP contribution in [0.5, 0.6) is 5.75 Å². The van der Waals surface area contributed by atoms with Gasteiger partial charge in [-0.3, -0.25) is 14.0 Å². The number of aliphatic imine (C=N–C) groups is 1. The zero-order valence-electron chi connectivity index (χ0n) is 17.4. The molecule has 0 bridgehead atoms. The summed E-state index contributed by atoms with van der Waals surface area (Å²) in [6.45, 7) is 5.89. The molecule has 1 fully saturated rings. The van der Waals surface area contributed by atoms with E-state index in [1.54, 1.807) is 12.1 Å². The maximum Gasteiger partial charge on any atom is 0.251 e. The van der Waals surface area contributed by atoms with E-state index in [9.17, 15) is 14.1 Å². The van der Waals surface area contributed by atoms with Gasteiger partial charge in [0.25, 0.3) is 5.91 Å². The third kappa shape index (κ3) is 8.04. The van der Waals surface area contributed by atoms with Crippen LogP contribution in [0.25, 0.3) is 0 Å². The molecule has 0 aromatic heterocycles. The number of hydrogen-bond acceptors (Lipinski definition) is 4. The van der Waals surface area contributed by atoms with Gasteiger partial charge in [-0.25, -0.2) is 0 Å². The van der Waals surface area contributed by atoms with E-state index >= 15 is 0 Å². The van der Waals surface area contributed by atoms with Gasteiger partial charge in [-0.1, -0.05) is 19.4 Å². The van der Waals surface area contributed by atoms with E-state index in [1.807, 2.05) is 13.8 Å². The number of amides is 1. The average molecular weight is 423 g/mol. The van der Waals surface area contributed by atoms with E-state index in [0.717, 1.165) is 43.9 Å². The summed E-state index contributed by atoms with van der Waals surface area (Å²) in [5.41, 5.74) is 0.444. The first-order chi connectivity index (χ1) is 14.0. The van der Waals surface area contributed by atoms with Crippen LogP contribution in [0.4, 0.5) is 0 Å². The molecule has 1 aliphatic carbocycles. The highest BCUT2D eigenvalue weighted by Gasteiger charge is 2.25. The minimum atomic E-state index is -0.739. The van der Waals surface area contributed by atoms with Gasteiger partial charge in [0.15, 0.2) is 5.96 Å². The van der Waals surface area contributed by atoms with Crippen LogP contribution in [0, 0.1) is 0 Å². The van der Waals surface area contributed by atoms with Crippen LogP contribution in [0.15, 0.2) is 29.3 Å². The number of rotatable bonds is 9. The van der Waals surface area contributed by atoms with Crippen LogP contribution in [0.1, 0.15) is 56.3 Å². The molecule has 4 N–H and O–H groups in total. The van der Waals surface area contributed by atoms with E-state index in [0.29, 0.717) is 31.1 Å². The van der Waals surface area contributed by atoms with Crippen molar-refractivity contribution in [3.05, 3.63) is 29.8 Å². The molecule has 2 rings (SSSR count). The maximum atomic E-state index is 12.1. The Labute approximate surface area is 176 Å². The predicted molar refractivity (Wildman–Crippen MR) is 119 cm³/mol. The van der Waals surface area contributed by atoms with Crippen molar-refractivity contribution in [1.82, 2.24) is 16.0 Å². The van der Waals surface area contributed by atoms with Crippen LogP contribution in [-0.4, -0.2) is 57.9 Å². The minimum absolute atomic E-state index is 0.0799. The molecule has 1 saturated carbocycles. The lowest BCUT2D eigenvalue weighted by Crippen LogP contribution is -2.46. The number of nitrogens with one attached hydrogen (secondary N) is 3. The molecule has 1 aromatic rings. The zero-order valence-corrected chi connectivity index (χ0v) is 18.3. The molecule has 3 unspecified atom stereocenters. The molecular formula is C21H34N4O3S. The smallest absolute Gasteiger partial charge is 0.251 e. The summed E-state index contributed by atoms with van der Waals surface area (Å²) in [5, 5.41) is 19.3. The quantitative estimate of drug-likeness (QED) is 0.277. The third-order valence-electron chi connectivity index (χ3n) is 4.97. The summed E-state index contributed by atoms with van der Waals surface area (Å²) in [6, 6.07) is 6.60. The van der Waals surface area contributed by atoms with Crippen LogP contribution in [0.3, 0.4) is 0 Å². The highest BCUT2D eigenvalue weighted by Crippen LogP contribution is 2.23. The molecule has 1 amide bonds. The van der Waals surface area contributed by atoms with Gasteiger partial charge in [0.05, 0.1) is 0 Å². The van der Waals surface area contributed by atoms with Gasteiger partial charge in [0.1, 0.15) is 5.75 Å². The van der Waals surface area contributed by atoms with Crippen LogP contribution >= 0.6 is 0 Å². The van der Waals surface area contributed by atoms with E-state index in [1.165, 1.54) is 12.1 Å². The maximum absolute atomic E-state index is 12.1. The van der Waals surface area contributed by atoms with Crippen LogP contribution in [0.2, 0.25) is 0 Å².